The fraction of sp³-hybridized carbons (Fsp3) is 0.455. The Kier molecular flexibility index (Phi) is 2.53. The summed E-state index contributed by atoms with van der Waals surface area (Å²) in [5, 5.41) is 5.84. The van der Waals surface area contributed by atoms with Crippen LogP contribution in [-0.2, 0) is 4.74 Å². The molecule has 2 aromatic rings. The zero-order chi connectivity index (χ0) is 11.0. The molecule has 0 radical (unpaired) electrons. The van der Waals surface area contributed by atoms with Crippen LogP contribution in [0.3, 0.4) is 0 Å². The predicted molar refractivity (Wildman–Crippen MR) is 61.4 cm³/mol. The van der Waals surface area contributed by atoms with E-state index in [0.717, 1.165) is 30.4 Å². The van der Waals surface area contributed by atoms with Crippen LogP contribution in [0, 0.1) is 0 Å². The number of rotatable bonds is 1. The van der Waals surface area contributed by atoms with Crippen LogP contribution in [0.2, 0.25) is 5.15 Å². The molecule has 0 unspecified atom stereocenters. The number of halogens is 1. The molecule has 0 saturated carbocycles. The van der Waals surface area contributed by atoms with Gasteiger partial charge in [0.2, 0.25) is 0 Å². The van der Waals surface area contributed by atoms with Crippen LogP contribution in [0.5, 0.6) is 0 Å². The lowest BCUT2D eigenvalue weighted by atomic mass is 10.2. The topological polar surface area (TPSA) is 39.9 Å². The van der Waals surface area contributed by atoms with Crippen molar-refractivity contribution in [2.24, 2.45) is 0 Å². The predicted octanol–water partition coefficient (Wildman–Crippen LogP) is 2.78. The standard InChI is InChI=1S/C11H12ClN3O/c12-10-5-9-8(6-13-10)7-14-15(9)11-3-1-2-4-16-11/h5-7,11H,1-4H2/t11-/m0/s1. The molecule has 0 aliphatic carbocycles. The Labute approximate surface area is 98.2 Å². The van der Waals surface area contributed by atoms with E-state index in [0.29, 0.717) is 5.15 Å². The molecular formula is C11H12ClN3O. The molecule has 1 saturated heterocycles. The summed E-state index contributed by atoms with van der Waals surface area (Å²) in [6.07, 6.45) is 6.92. The summed E-state index contributed by atoms with van der Waals surface area (Å²) in [6, 6.07) is 1.84. The summed E-state index contributed by atoms with van der Waals surface area (Å²) in [6.45, 7) is 0.810. The highest BCUT2D eigenvalue weighted by Crippen LogP contribution is 2.26. The normalized spacial score (nSPS) is 21.4. The second kappa shape index (κ2) is 4.03. The summed E-state index contributed by atoms with van der Waals surface area (Å²) in [7, 11) is 0. The van der Waals surface area contributed by atoms with Crippen LogP contribution >= 0.6 is 11.6 Å². The molecule has 2 aromatic heterocycles. The van der Waals surface area contributed by atoms with E-state index < -0.39 is 0 Å². The third-order valence-electron chi connectivity index (χ3n) is 2.88. The van der Waals surface area contributed by atoms with E-state index in [9.17, 15) is 0 Å². The smallest absolute Gasteiger partial charge is 0.150 e. The average Bonchev–Trinajstić information content (AvgIpc) is 2.73. The van der Waals surface area contributed by atoms with Crippen molar-refractivity contribution in [1.82, 2.24) is 14.8 Å². The Balaban J connectivity index is 2.05. The Hall–Kier alpha value is -1.13. The van der Waals surface area contributed by atoms with E-state index >= 15 is 0 Å². The van der Waals surface area contributed by atoms with Crippen molar-refractivity contribution in [3.05, 3.63) is 23.6 Å². The highest BCUT2D eigenvalue weighted by molar-refractivity contribution is 6.29. The third kappa shape index (κ3) is 1.68. The number of hydrogen-bond donors (Lipinski definition) is 0. The van der Waals surface area contributed by atoms with E-state index in [4.69, 9.17) is 16.3 Å². The fourth-order valence-corrected chi connectivity index (χ4v) is 2.21. The van der Waals surface area contributed by atoms with Gasteiger partial charge in [-0.15, -0.1) is 0 Å². The van der Waals surface area contributed by atoms with Gasteiger partial charge in [0.1, 0.15) is 5.15 Å². The van der Waals surface area contributed by atoms with Gasteiger partial charge in [0, 0.05) is 24.3 Å². The molecule has 0 spiro atoms. The van der Waals surface area contributed by atoms with Crippen LogP contribution in [0.25, 0.3) is 10.9 Å². The van der Waals surface area contributed by atoms with Gasteiger partial charge in [0.15, 0.2) is 6.23 Å². The Morgan fingerprint density at radius 2 is 2.31 bits per heavy atom. The number of ether oxygens (including phenoxy) is 1. The van der Waals surface area contributed by atoms with Gasteiger partial charge in [-0.05, 0) is 19.3 Å². The summed E-state index contributed by atoms with van der Waals surface area (Å²) < 4.78 is 7.61. The maximum atomic E-state index is 5.89. The Morgan fingerprint density at radius 3 is 3.12 bits per heavy atom. The SMILES string of the molecule is Clc1cc2c(cn1)cnn2[C@@H]1CCCCO1. The monoisotopic (exact) mass is 237 g/mol. The minimum atomic E-state index is 0.0460. The van der Waals surface area contributed by atoms with Crippen LogP contribution in [0.4, 0.5) is 0 Å². The maximum absolute atomic E-state index is 5.89. The van der Waals surface area contributed by atoms with E-state index in [1.54, 1.807) is 12.4 Å². The molecule has 0 N–H and O–H groups in total. The van der Waals surface area contributed by atoms with E-state index in [1.165, 1.54) is 6.42 Å². The number of hydrogen-bond acceptors (Lipinski definition) is 3. The molecule has 0 amide bonds. The minimum absolute atomic E-state index is 0.0460. The molecule has 16 heavy (non-hydrogen) atoms. The number of nitrogens with zero attached hydrogens (tertiary/aromatic N) is 3. The summed E-state index contributed by atoms with van der Waals surface area (Å²) >= 11 is 5.89. The Morgan fingerprint density at radius 1 is 1.38 bits per heavy atom. The third-order valence-corrected chi connectivity index (χ3v) is 3.08. The molecule has 1 atom stereocenters. The van der Waals surface area contributed by atoms with Crippen molar-refractivity contribution in [1.29, 1.82) is 0 Å². The average molecular weight is 238 g/mol. The first kappa shape index (κ1) is 10.1. The zero-order valence-corrected chi connectivity index (χ0v) is 9.52. The largest absolute Gasteiger partial charge is 0.356 e. The van der Waals surface area contributed by atoms with Crippen molar-refractivity contribution >= 4 is 22.5 Å². The molecule has 0 aromatic carbocycles. The molecule has 1 aliphatic heterocycles. The van der Waals surface area contributed by atoms with Gasteiger partial charge in [0.05, 0.1) is 11.7 Å². The van der Waals surface area contributed by atoms with Gasteiger partial charge in [-0.2, -0.15) is 5.10 Å². The summed E-state index contributed by atoms with van der Waals surface area (Å²) in [4.78, 5) is 4.04. The molecule has 1 aliphatic rings. The first-order valence-corrected chi connectivity index (χ1v) is 5.83. The second-order valence-corrected chi connectivity index (χ2v) is 4.36. The van der Waals surface area contributed by atoms with Crippen LogP contribution in [0.15, 0.2) is 18.5 Å². The fourth-order valence-electron chi connectivity index (χ4n) is 2.06. The van der Waals surface area contributed by atoms with Crippen molar-refractivity contribution in [2.45, 2.75) is 25.5 Å². The van der Waals surface area contributed by atoms with Gasteiger partial charge in [-0.1, -0.05) is 11.6 Å². The van der Waals surface area contributed by atoms with Gasteiger partial charge < -0.3 is 4.74 Å². The van der Waals surface area contributed by atoms with Crippen LogP contribution in [0.1, 0.15) is 25.5 Å². The molecule has 3 rings (SSSR count). The van der Waals surface area contributed by atoms with Crippen LogP contribution < -0.4 is 0 Å². The summed E-state index contributed by atoms with van der Waals surface area (Å²) in [5.41, 5.74) is 0.993. The first-order valence-electron chi connectivity index (χ1n) is 5.45. The molecule has 4 nitrogen and oxygen atoms in total. The maximum Gasteiger partial charge on any atom is 0.150 e. The minimum Gasteiger partial charge on any atom is -0.356 e. The summed E-state index contributed by atoms with van der Waals surface area (Å²) in [5.74, 6) is 0. The van der Waals surface area contributed by atoms with Gasteiger partial charge in [-0.3, -0.25) is 0 Å². The molecule has 1 fully saturated rings. The second-order valence-electron chi connectivity index (χ2n) is 3.98. The van der Waals surface area contributed by atoms with Gasteiger partial charge in [-0.25, -0.2) is 9.67 Å². The molecule has 84 valence electrons. The molecule has 3 heterocycles. The van der Waals surface area contributed by atoms with Crippen molar-refractivity contribution in [3.63, 3.8) is 0 Å². The van der Waals surface area contributed by atoms with Gasteiger partial charge in [0.25, 0.3) is 0 Å². The molecule has 5 heteroatoms. The first-order chi connectivity index (χ1) is 7.84. The number of aromatic nitrogens is 3. The lowest BCUT2D eigenvalue weighted by Gasteiger charge is -2.23. The van der Waals surface area contributed by atoms with Crippen molar-refractivity contribution in [2.75, 3.05) is 6.61 Å². The lowest BCUT2D eigenvalue weighted by Crippen LogP contribution is -2.18. The zero-order valence-electron chi connectivity index (χ0n) is 8.77. The number of fused-ring (bicyclic) bond motifs is 1. The highest BCUT2D eigenvalue weighted by Gasteiger charge is 2.18. The molecular weight excluding hydrogens is 226 g/mol. The Bertz CT molecular complexity index is 505. The van der Waals surface area contributed by atoms with Crippen molar-refractivity contribution < 1.29 is 4.74 Å². The van der Waals surface area contributed by atoms with Gasteiger partial charge >= 0.3 is 0 Å². The quantitative estimate of drug-likeness (QED) is 0.716. The van der Waals surface area contributed by atoms with Crippen LogP contribution in [-0.4, -0.2) is 21.4 Å². The van der Waals surface area contributed by atoms with E-state index in [2.05, 4.69) is 10.1 Å². The van der Waals surface area contributed by atoms with E-state index in [1.807, 2.05) is 10.7 Å². The molecule has 0 bridgehead atoms. The number of pyridine rings is 1. The van der Waals surface area contributed by atoms with Crippen molar-refractivity contribution in [3.8, 4) is 0 Å². The highest BCUT2D eigenvalue weighted by atomic mass is 35.5. The van der Waals surface area contributed by atoms with E-state index in [-0.39, 0.29) is 6.23 Å². The lowest BCUT2D eigenvalue weighted by molar-refractivity contribution is -0.0366.